The molecule has 1 atom stereocenters. The third-order valence-corrected chi connectivity index (χ3v) is 3.84. The summed E-state index contributed by atoms with van der Waals surface area (Å²) in [4.78, 5) is 16.5. The molecule has 1 aromatic heterocycles. The molecule has 1 heterocycles. The van der Waals surface area contributed by atoms with Gasteiger partial charge in [0.25, 0.3) is 17.7 Å². The Morgan fingerprint density at radius 3 is 2.35 bits per heavy atom. The number of nitrogens with one attached hydrogen (secondary N) is 1. The summed E-state index contributed by atoms with van der Waals surface area (Å²) in [5.74, 6) is 0.767. The second-order valence-electron chi connectivity index (χ2n) is 6.36. The van der Waals surface area contributed by atoms with E-state index in [1.807, 2.05) is 63.2 Å². The molecule has 2 aromatic carbocycles. The van der Waals surface area contributed by atoms with Crippen LogP contribution in [0.3, 0.4) is 0 Å². The van der Waals surface area contributed by atoms with Crippen molar-refractivity contribution in [2.24, 2.45) is 0 Å². The second-order valence-corrected chi connectivity index (χ2v) is 6.36. The molecule has 1 amide bonds. The number of anilines is 1. The maximum absolute atomic E-state index is 12.3. The maximum atomic E-state index is 12.3. The van der Waals surface area contributed by atoms with E-state index >= 15 is 0 Å². The molecule has 0 saturated carbocycles. The number of rotatable bonds is 5. The zero-order chi connectivity index (χ0) is 18.7. The highest BCUT2D eigenvalue weighted by atomic mass is 16.5. The standard InChI is InChI=1S/C20H21N3O3/c1-12-5-7-16(8-6-12)19-22-20(23-26-19)21-18(24)15(4)25-17-10-13(2)9-14(3)11-17/h5-11,15H,1-4H3,(H,21,23,24)/t15-/m1/s1. The fraction of sp³-hybridized carbons (Fsp3) is 0.250. The average Bonchev–Trinajstić information content (AvgIpc) is 3.03. The first-order valence-electron chi connectivity index (χ1n) is 8.37. The Balaban J connectivity index is 1.65. The number of nitrogens with zero attached hydrogens (tertiary/aromatic N) is 2. The van der Waals surface area contributed by atoms with Crippen LogP contribution < -0.4 is 10.1 Å². The van der Waals surface area contributed by atoms with E-state index in [0.717, 1.165) is 22.3 Å². The van der Waals surface area contributed by atoms with Crippen LogP contribution in [0.2, 0.25) is 0 Å². The summed E-state index contributed by atoms with van der Waals surface area (Å²) in [5.41, 5.74) is 4.09. The normalized spacial score (nSPS) is 11.8. The number of carbonyl (C=O) groups is 1. The molecule has 6 heteroatoms. The van der Waals surface area contributed by atoms with Crippen molar-refractivity contribution in [3.8, 4) is 17.2 Å². The van der Waals surface area contributed by atoms with Gasteiger partial charge in [-0.05, 0) is 68.2 Å². The van der Waals surface area contributed by atoms with Crippen LogP contribution in [0.15, 0.2) is 47.0 Å². The molecule has 0 fully saturated rings. The molecule has 0 aliphatic heterocycles. The van der Waals surface area contributed by atoms with E-state index in [0.29, 0.717) is 11.6 Å². The largest absolute Gasteiger partial charge is 0.481 e. The summed E-state index contributed by atoms with van der Waals surface area (Å²) < 4.78 is 10.9. The van der Waals surface area contributed by atoms with Crippen molar-refractivity contribution >= 4 is 11.9 Å². The van der Waals surface area contributed by atoms with Gasteiger partial charge in [-0.15, -0.1) is 0 Å². The van der Waals surface area contributed by atoms with E-state index < -0.39 is 6.10 Å². The average molecular weight is 351 g/mol. The van der Waals surface area contributed by atoms with Gasteiger partial charge < -0.3 is 9.26 Å². The summed E-state index contributed by atoms with van der Waals surface area (Å²) in [5, 5.41) is 6.41. The number of hydrogen-bond acceptors (Lipinski definition) is 5. The Hall–Kier alpha value is -3.15. The fourth-order valence-corrected chi connectivity index (χ4v) is 2.56. The monoisotopic (exact) mass is 351 g/mol. The van der Waals surface area contributed by atoms with Crippen LogP contribution in [-0.2, 0) is 4.79 Å². The van der Waals surface area contributed by atoms with Gasteiger partial charge in [0.1, 0.15) is 5.75 Å². The molecule has 3 aromatic rings. The Kier molecular flexibility index (Phi) is 5.02. The predicted molar refractivity (Wildman–Crippen MR) is 99.1 cm³/mol. The Bertz CT molecular complexity index is 896. The number of amides is 1. The maximum Gasteiger partial charge on any atom is 0.270 e. The molecule has 26 heavy (non-hydrogen) atoms. The first-order valence-corrected chi connectivity index (χ1v) is 8.37. The van der Waals surface area contributed by atoms with Crippen molar-refractivity contribution < 1.29 is 14.1 Å². The molecule has 6 nitrogen and oxygen atoms in total. The van der Waals surface area contributed by atoms with Gasteiger partial charge in [0.15, 0.2) is 6.10 Å². The van der Waals surface area contributed by atoms with Gasteiger partial charge in [0.05, 0.1) is 0 Å². The van der Waals surface area contributed by atoms with Crippen LogP contribution in [0.25, 0.3) is 11.5 Å². The summed E-state index contributed by atoms with van der Waals surface area (Å²) in [6, 6.07) is 13.5. The van der Waals surface area contributed by atoms with E-state index in [9.17, 15) is 4.79 Å². The smallest absolute Gasteiger partial charge is 0.270 e. The van der Waals surface area contributed by atoms with E-state index in [1.54, 1.807) is 6.92 Å². The minimum absolute atomic E-state index is 0.112. The lowest BCUT2D eigenvalue weighted by Gasteiger charge is -2.14. The second kappa shape index (κ2) is 7.39. The lowest BCUT2D eigenvalue weighted by atomic mass is 10.1. The molecule has 3 rings (SSSR count). The first kappa shape index (κ1) is 17.7. The molecule has 0 radical (unpaired) electrons. The Morgan fingerprint density at radius 2 is 1.69 bits per heavy atom. The van der Waals surface area contributed by atoms with Crippen LogP contribution in [-0.4, -0.2) is 22.2 Å². The summed E-state index contributed by atoms with van der Waals surface area (Å²) in [7, 11) is 0. The van der Waals surface area contributed by atoms with Crippen molar-refractivity contribution in [3.63, 3.8) is 0 Å². The minimum Gasteiger partial charge on any atom is -0.481 e. The number of carbonyl (C=O) groups excluding carboxylic acids is 1. The molecular weight excluding hydrogens is 330 g/mol. The predicted octanol–water partition coefficient (Wildman–Crippen LogP) is 4.07. The van der Waals surface area contributed by atoms with Crippen molar-refractivity contribution in [2.45, 2.75) is 33.8 Å². The van der Waals surface area contributed by atoms with Crippen molar-refractivity contribution in [1.29, 1.82) is 0 Å². The topological polar surface area (TPSA) is 77.2 Å². The summed E-state index contributed by atoms with van der Waals surface area (Å²) in [6.07, 6.45) is -0.697. The van der Waals surface area contributed by atoms with E-state index in [-0.39, 0.29) is 11.9 Å². The van der Waals surface area contributed by atoms with Crippen LogP contribution in [0, 0.1) is 20.8 Å². The summed E-state index contributed by atoms with van der Waals surface area (Å²) in [6.45, 7) is 7.64. The van der Waals surface area contributed by atoms with Crippen LogP contribution >= 0.6 is 0 Å². The third kappa shape index (κ3) is 4.27. The zero-order valence-electron chi connectivity index (χ0n) is 15.2. The highest BCUT2D eigenvalue weighted by Gasteiger charge is 2.18. The lowest BCUT2D eigenvalue weighted by molar-refractivity contribution is -0.122. The van der Waals surface area contributed by atoms with E-state index in [2.05, 4.69) is 15.5 Å². The van der Waals surface area contributed by atoms with E-state index in [4.69, 9.17) is 9.26 Å². The van der Waals surface area contributed by atoms with Gasteiger partial charge in [0, 0.05) is 5.56 Å². The number of aromatic nitrogens is 2. The van der Waals surface area contributed by atoms with Gasteiger partial charge in [-0.3, -0.25) is 10.1 Å². The number of benzene rings is 2. The van der Waals surface area contributed by atoms with Crippen LogP contribution in [0.1, 0.15) is 23.6 Å². The van der Waals surface area contributed by atoms with Gasteiger partial charge >= 0.3 is 0 Å². The summed E-state index contributed by atoms with van der Waals surface area (Å²) >= 11 is 0. The SMILES string of the molecule is Cc1ccc(-c2nc(NC(=O)[C@@H](C)Oc3cc(C)cc(C)c3)no2)cc1. The molecule has 0 bridgehead atoms. The van der Waals surface area contributed by atoms with E-state index in [1.165, 1.54) is 0 Å². The van der Waals surface area contributed by atoms with Gasteiger partial charge in [-0.25, -0.2) is 0 Å². The zero-order valence-corrected chi connectivity index (χ0v) is 15.2. The van der Waals surface area contributed by atoms with Crippen molar-refractivity contribution in [1.82, 2.24) is 10.1 Å². The lowest BCUT2D eigenvalue weighted by Crippen LogP contribution is -2.30. The molecule has 0 aliphatic carbocycles. The molecular formula is C20H21N3O3. The molecule has 134 valence electrons. The van der Waals surface area contributed by atoms with Gasteiger partial charge in [0.2, 0.25) is 0 Å². The number of ether oxygens (including phenoxy) is 1. The van der Waals surface area contributed by atoms with Crippen LogP contribution in [0.4, 0.5) is 5.95 Å². The Morgan fingerprint density at radius 1 is 1.04 bits per heavy atom. The third-order valence-electron chi connectivity index (χ3n) is 3.84. The highest BCUT2D eigenvalue weighted by Crippen LogP contribution is 2.20. The molecule has 0 aliphatic rings. The molecule has 1 N–H and O–H groups in total. The van der Waals surface area contributed by atoms with Crippen molar-refractivity contribution in [2.75, 3.05) is 5.32 Å². The quantitative estimate of drug-likeness (QED) is 0.750. The number of aryl methyl sites for hydroxylation is 3. The molecule has 0 saturated heterocycles. The Labute approximate surface area is 152 Å². The first-order chi connectivity index (χ1) is 12.4. The molecule has 0 spiro atoms. The van der Waals surface area contributed by atoms with Crippen LogP contribution in [0.5, 0.6) is 5.75 Å². The van der Waals surface area contributed by atoms with Crippen molar-refractivity contribution in [3.05, 3.63) is 59.2 Å². The highest BCUT2D eigenvalue weighted by molar-refractivity contribution is 5.92. The minimum atomic E-state index is -0.697. The number of hydrogen-bond donors (Lipinski definition) is 1. The van der Waals surface area contributed by atoms with Gasteiger partial charge in [-0.1, -0.05) is 23.8 Å². The van der Waals surface area contributed by atoms with Gasteiger partial charge in [-0.2, -0.15) is 4.98 Å². The molecule has 0 unspecified atom stereocenters. The fourth-order valence-electron chi connectivity index (χ4n) is 2.56.